The maximum atomic E-state index is 12.1. The van der Waals surface area contributed by atoms with Crippen molar-refractivity contribution in [3.63, 3.8) is 0 Å². The van der Waals surface area contributed by atoms with Crippen molar-refractivity contribution in [1.82, 2.24) is 5.32 Å². The van der Waals surface area contributed by atoms with Crippen LogP contribution in [0, 0.1) is 5.92 Å². The molecule has 0 spiro atoms. The standard InChI is InChI=1S/C16H14ClNO4S/c17-13-10(8-12-14(19)18-16(21)23-12)6-3-7-11(13)22-15(20)9-4-1-2-5-9/h3,6-9H,1-2,4-5H2,(H,18,19,21)/b12-8-. The Morgan fingerprint density at radius 1 is 1.30 bits per heavy atom. The minimum Gasteiger partial charge on any atom is -0.425 e. The van der Waals surface area contributed by atoms with Gasteiger partial charge in [0, 0.05) is 0 Å². The van der Waals surface area contributed by atoms with E-state index in [0.717, 1.165) is 37.4 Å². The average Bonchev–Trinajstić information content (AvgIpc) is 3.13. The Labute approximate surface area is 142 Å². The summed E-state index contributed by atoms with van der Waals surface area (Å²) in [7, 11) is 0. The lowest BCUT2D eigenvalue weighted by Crippen LogP contribution is -2.18. The van der Waals surface area contributed by atoms with E-state index in [1.165, 1.54) is 6.08 Å². The molecular weight excluding hydrogens is 338 g/mol. The molecule has 1 aliphatic carbocycles. The van der Waals surface area contributed by atoms with Crippen LogP contribution < -0.4 is 10.1 Å². The number of benzene rings is 1. The van der Waals surface area contributed by atoms with E-state index >= 15 is 0 Å². The van der Waals surface area contributed by atoms with E-state index in [2.05, 4.69) is 5.32 Å². The molecule has 2 aliphatic rings. The van der Waals surface area contributed by atoms with Crippen LogP contribution in [0.4, 0.5) is 4.79 Å². The number of hydrogen-bond donors (Lipinski definition) is 1. The van der Waals surface area contributed by atoms with Gasteiger partial charge < -0.3 is 4.74 Å². The summed E-state index contributed by atoms with van der Waals surface area (Å²) in [5, 5.41) is 2.01. The topological polar surface area (TPSA) is 72.5 Å². The van der Waals surface area contributed by atoms with Gasteiger partial charge in [-0.2, -0.15) is 0 Å². The largest absolute Gasteiger partial charge is 0.425 e. The van der Waals surface area contributed by atoms with Crippen LogP contribution >= 0.6 is 23.4 Å². The van der Waals surface area contributed by atoms with E-state index in [-0.39, 0.29) is 27.6 Å². The number of imide groups is 1. The van der Waals surface area contributed by atoms with Crippen molar-refractivity contribution in [2.75, 3.05) is 0 Å². The first kappa shape index (κ1) is 16.1. The van der Waals surface area contributed by atoms with Crippen LogP contribution in [-0.2, 0) is 9.59 Å². The van der Waals surface area contributed by atoms with Crippen molar-refractivity contribution in [2.45, 2.75) is 25.7 Å². The first-order chi connectivity index (χ1) is 11.0. The van der Waals surface area contributed by atoms with Gasteiger partial charge in [0.2, 0.25) is 0 Å². The number of halogens is 1. The van der Waals surface area contributed by atoms with E-state index in [9.17, 15) is 14.4 Å². The van der Waals surface area contributed by atoms with Crippen molar-refractivity contribution in [2.24, 2.45) is 5.92 Å². The van der Waals surface area contributed by atoms with Crippen LogP contribution in [0.1, 0.15) is 31.2 Å². The summed E-state index contributed by atoms with van der Waals surface area (Å²) in [5.74, 6) is -0.517. The van der Waals surface area contributed by atoms with Crippen molar-refractivity contribution >= 4 is 46.6 Å². The van der Waals surface area contributed by atoms with Gasteiger partial charge in [-0.1, -0.05) is 36.6 Å². The van der Waals surface area contributed by atoms with Crippen molar-refractivity contribution in [3.8, 4) is 5.75 Å². The molecule has 0 aromatic heterocycles. The van der Waals surface area contributed by atoms with Crippen LogP contribution in [-0.4, -0.2) is 17.1 Å². The van der Waals surface area contributed by atoms with Gasteiger partial charge in [0.25, 0.3) is 11.1 Å². The first-order valence-corrected chi connectivity index (χ1v) is 8.49. The number of rotatable bonds is 3. The predicted molar refractivity (Wildman–Crippen MR) is 88.2 cm³/mol. The molecule has 0 bridgehead atoms. The van der Waals surface area contributed by atoms with Gasteiger partial charge in [-0.15, -0.1) is 0 Å². The maximum Gasteiger partial charge on any atom is 0.314 e. The van der Waals surface area contributed by atoms with Crippen LogP contribution in [0.15, 0.2) is 23.1 Å². The molecule has 2 fully saturated rings. The Balaban J connectivity index is 1.81. The Morgan fingerprint density at radius 3 is 2.70 bits per heavy atom. The molecule has 0 radical (unpaired) electrons. The number of carbonyl (C=O) groups is 3. The second kappa shape index (κ2) is 6.76. The third-order valence-corrected chi connectivity index (χ3v) is 5.04. The molecule has 7 heteroatoms. The van der Waals surface area contributed by atoms with Gasteiger partial charge in [0.05, 0.1) is 15.8 Å². The summed E-state index contributed by atoms with van der Waals surface area (Å²) in [5.41, 5.74) is 0.524. The van der Waals surface area contributed by atoms with Crippen molar-refractivity contribution in [3.05, 3.63) is 33.7 Å². The minimum absolute atomic E-state index is 0.0677. The van der Waals surface area contributed by atoms with Gasteiger partial charge in [0.15, 0.2) is 0 Å². The summed E-state index contributed by atoms with van der Waals surface area (Å²) in [6.07, 6.45) is 5.29. The number of hydrogen-bond acceptors (Lipinski definition) is 5. The highest BCUT2D eigenvalue weighted by Gasteiger charge is 2.27. The number of esters is 1. The quantitative estimate of drug-likeness (QED) is 0.510. The molecule has 0 atom stereocenters. The molecule has 1 aromatic carbocycles. The second-order valence-corrected chi connectivity index (χ2v) is 6.81. The number of nitrogens with one attached hydrogen (secondary N) is 1. The van der Waals surface area contributed by atoms with Gasteiger partial charge in [-0.05, 0) is 42.3 Å². The van der Waals surface area contributed by atoms with E-state index < -0.39 is 11.1 Å². The molecule has 2 amide bonds. The van der Waals surface area contributed by atoms with Gasteiger partial charge in [-0.25, -0.2) is 0 Å². The Hall–Kier alpha value is -1.79. The van der Waals surface area contributed by atoms with Crippen molar-refractivity contribution in [1.29, 1.82) is 0 Å². The molecule has 1 aromatic rings. The smallest absolute Gasteiger partial charge is 0.314 e. The molecule has 120 valence electrons. The van der Waals surface area contributed by atoms with E-state index in [4.69, 9.17) is 16.3 Å². The molecule has 1 heterocycles. The zero-order valence-corrected chi connectivity index (χ0v) is 13.7. The fraction of sp³-hybridized carbons (Fsp3) is 0.312. The molecule has 1 saturated carbocycles. The normalized spacial score (nSPS) is 20.1. The van der Waals surface area contributed by atoms with Crippen LogP contribution in [0.5, 0.6) is 5.75 Å². The predicted octanol–water partition coefficient (Wildman–Crippen LogP) is 3.76. The summed E-state index contributed by atoms with van der Waals surface area (Å²) in [6.45, 7) is 0. The van der Waals surface area contributed by atoms with E-state index in [0.29, 0.717) is 5.56 Å². The number of amides is 2. The van der Waals surface area contributed by atoms with Gasteiger partial charge in [-0.3, -0.25) is 19.7 Å². The molecule has 1 saturated heterocycles. The van der Waals surface area contributed by atoms with Crippen LogP contribution in [0.2, 0.25) is 5.02 Å². The second-order valence-electron chi connectivity index (χ2n) is 5.41. The molecule has 0 unspecified atom stereocenters. The molecular formula is C16H14ClNO4S. The summed E-state index contributed by atoms with van der Waals surface area (Å²) >= 11 is 7.09. The highest BCUT2D eigenvalue weighted by Crippen LogP contribution is 2.34. The molecule has 23 heavy (non-hydrogen) atoms. The molecule has 5 nitrogen and oxygen atoms in total. The SMILES string of the molecule is O=C1NC(=O)/C(=C/c2cccc(OC(=O)C3CCCC3)c2Cl)S1. The monoisotopic (exact) mass is 351 g/mol. The van der Waals surface area contributed by atoms with E-state index in [1.54, 1.807) is 18.2 Å². The Bertz CT molecular complexity index is 710. The lowest BCUT2D eigenvalue weighted by Gasteiger charge is -2.11. The zero-order valence-electron chi connectivity index (χ0n) is 12.1. The first-order valence-electron chi connectivity index (χ1n) is 7.29. The lowest BCUT2D eigenvalue weighted by molar-refractivity contribution is -0.138. The summed E-state index contributed by atoms with van der Waals surface area (Å²) in [6, 6.07) is 5.00. The minimum atomic E-state index is -0.454. The number of ether oxygens (including phenoxy) is 1. The highest BCUT2D eigenvalue weighted by molar-refractivity contribution is 8.18. The maximum absolute atomic E-state index is 12.1. The van der Waals surface area contributed by atoms with E-state index in [1.807, 2.05) is 0 Å². The van der Waals surface area contributed by atoms with Crippen molar-refractivity contribution < 1.29 is 19.1 Å². The number of carbonyl (C=O) groups excluding carboxylic acids is 3. The highest BCUT2D eigenvalue weighted by atomic mass is 35.5. The Kier molecular flexibility index (Phi) is 4.73. The molecule has 3 rings (SSSR count). The third kappa shape index (κ3) is 3.59. The fourth-order valence-corrected chi connectivity index (χ4v) is 3.53. The number of thioether (sulfide) groups is 1. The Morgan fingerprint density at radius 2 is 2.04 bits per heavy atom. The third-order valence-electron chi connectivity index (χ3n) is 3.82. The average molecular weight is 352 g/mol. The van der Waals surface area contributed by atoms with Crippen LogP contribution in [0.3, 0.4) is 0 Å². The molecule has 1 aliphatic heterocycles. The van der Waals surface area contributed by atoms with Gasteiger partial charge in [0.1, 0.15) is 5.75 Å². The fourth-order valence-electron chi connectivity index (χ4n) is 2.63. The lowest BCUT2D eigenvalue weighted by atomic mass is 10.1. The van der Waals surface area contributed by atoms with Gasteiger partial charge >= 0.3 is 5.97 Å². The zero-order chi connectivity index (χ0) is 16.4. The summed E-state index contributed by atoms with van der Waals surface area (Å²) in [4.78, 5) is 35.1. The molecule has 1 N–H and O–H groups in total. The summed E-state index contributed by atoms with van der Waals surface area (Å²) < 4.78 is 5.41. The van der Waals surface area contributed by atoms with Crippen LogP contribution in [0.25, 0.3) is 6.08 Å².